The molecule has 40 heavy (non-hydrogen) atoms. The van der Waals surface area contributed by atoms with Gasteiger partial charge in [0.25, 0.3) is 11.5 Å². The first kappa shape index (κ1) is 27.9. The minimum atomic E-state index is -0.802. The molecule has 5 rings (SSSR count). The molecule has 2 aromatic carbocycles. The number of Topliss-reactive ketones (excluding diaryl/α,β-unsaturated/α-hetero) is 1. The SMILES string of the molecule is Cc1ccc(C(=O)C[C@@H]2CON(C3CCOCC3)C2=O)cc1-n1cnc(OCc2ccc(F)cc2F)c(Cl)c1=O. The molecule has 2 aliphatic heterocycles. The van der Waals surface area contributed by atoms with Crippen LogP contribution in [0.1, 0.15) is 40.7 Å². The van der Waals surface area contributed by atoms with Crippen LogP contribution in [0.15, 0.2) is 47.5 Å². The van der Waals surface area contributed by atoms with Gasteiger partial charge < -0.3 is 9.47 Å². The van der Waals surface area contributed by atoms with Crippen molar-refractivity contribution in [1.82, 2.24) is 14.6 Å². The zero-order chi connectivity index (χ0) is 28.4. The van der Waals surface area contributed by atoms with Crippen molar-refractivity contribution < 1.29 is 32.7 Å². The second-order valence-electron chi connectivity index (χ2n) is 9.69. The fourth-order valence-electron chi connectivity index (χ4n) is 4.69. The topological polar surface area (TPSA) is 100.0 Å². The van der Waals surface area contributed by atoms with E-state index in [0.29, 0.717) is 42.9 Å². The Morgan fingerprint density at radius 1 is 1.15 bits per heavy atom. The summed E-state index contributed by atoms with van der Waals surface area (Å²) in [7, 11) is 0. The predicted octanol–water partition coefficient (Wildman–Crippen LogP) is 4.19. The lowest BCUT2D eigenvalue weighted by molar-refractivity contribution is -0.181. The standard InChI is InChI=1S/C28H26ClF2N3O6/c1-16-2-3-17(24(35)11-19-14-40-34(27(19)36)21-6-8-38-9-7-21)10-23(16)33-15-32-26(25(29)28(33)37)39-13-18-4-5-20(30)12-22(18)31/h2-5,10,12,15,19,21H,6-9,11,13-14H2,1H3/t19-/m1/s1. The Morgan fingerprint density at radius 3 is 2.67 bits per heavy atom. The zero-order valence-electron chi connectivity index (χ0n) is 21.6. The summed E-state index contributed by atoms with van der Waals surface area (Å²) in [6.45, 7) is 2.69. The van der Waals surface area contributed by atoms with E-state index in [9.17, 15) is 23.2 Å². The van der Waals surface area contributed by atoms with Crippen molar-refractivity contribution in [1.29, 1.82) is 0 Å². The summed E-state index contributed by atoms with van der Waals surface area (Å²) >= 11 is 6.24. The van der Waals surface area contributed by atoms with Crippen molar-refractivity contribution >= 4 is 23.3 Å². The van der Waals surface area contributed by atoms with Gasteiger partial charge in [-0.25, -0.2) is 18.8 Å². The molecule has 0 saturated carbocycles. The molecule has 12 heteroatoms. The summed E-state index contributed by atoms with van der Waals surface area (Å²) in [5.41, 5.74) is 0.759. The van der Waals surface area contributed by atoms with Crippen LogP contribution in [-0.2, 0) is 21.0 Å². The summed E-state index contributed by atoms with van der Waals surface area (Å²) in [5.74, 6) is -2.83. The Kier molecular flexibility index (Phi) is 8.24. The molecule has 2 fully saturated rings. The van der Waals surface area contributed by atoms with Gasteiger partial charge in [0.15, 0.2) is 10.8 Å². The number of halogens is 3. The van der Waals surface area contributed by atoms with Crippen LogP contribution in [0, 0.1) is 24.5 Å². The number of carbonyl (C=O) groups excluding carboxylic acids is 2. The van der Waals surface area contributed by atoms with Gasteiger partial charge in [-0.3, -0.25) is 23.8 Å². The second kappa shape index (κ2) is 11.8. The molecule has 9 nitrogen and oxygen atoms in total. The van der Waals surface area contributed by atoms with Crippen LogP contribution in [0.5, 0.6) is 5.88 Å². The number of nitrogens with zero attached hydrogens (tertiary/aromatic N) is 3. The molecule has 0 N–H and O–H groups in total. The van der Waals surface area contributed by atoms with Crippen molar-refractivity contribution in [3.05, 3.63) is 86.4 Å². The second-order valence-corrected chi connectivity index (χ2v) is 10.1. The number of hydrogen-bond acceptors (Lipinski definition) is 7. The Labute approximate surface area is 233 Å². The molecule has 1 atom stereocenters. The molecular weight excluding hydrogens is 548 g/mol. The number of aryl methyl sites for hydroxylation is 1. The maximum Gasteiger partial charge on any atom is 0.280 e. The molecule has 0 bridgehead atoms. The van der Waals surface area contributed by atoms with Gasteiger partial charge in [0.05, 0.1) is 24.3 Å². The molecule has 3 heterocycles. The molecule has 210 valence electrons. The van der Waals surface area contributed by atoms with Crippen LogP contribution < -0.4 is 10.3 Å². The summed E-state index contributed by atoms with van der Waals surface area (Å²) in [6, 6.07) is 7.84. The minimum absolute atomic E-state index is 0.0400. The van der Waals surface area contributed by atoms with E-state index >= 15 is 0 Å². The third-order valence-corrected chi connectivity index (χ3v) is 7.31. The summed E-state index contributed by atoms with van der Waals surface area (Å²) in [5, 5.41) is 1.05. The lowest BCUT2D eigenvalue weighted by atomic mass is 9.96. The number of amides is 1. The van der Waals surface area contributed by atoms with E-state index in [0.717, 1.165) is 12.1 Å². The lowest BCUT2D eigenvalue weighted by Gasteiger charge is -2.29. The highest BCUT2D eigenvalue weighted by Crippen LogP contribution is 2.27. The largest absolute Gasteiger partial charge is 0.471 e. The molecule has 0 spiro atoms. The van der Waals surface area contributed by atoms with Crippen LogP contribution in [0.3, 0.4) is 0 Å². The van der Waals surface area contributed by atoms with Gasteiger partial charge in [-0.2, -0.15) is 0 Å². The molecular formula is C28H26ClF2N3O6. The van der Waals surface area contributed by atoms with Gasteiger partial charge in [0.1, 0.15) is 24.6 Å². The maximum absolute atomic E-state index is 13.9. The number of aromatic nitrogens is 2. The highest BCUT2D eigenvalue weighted by atomic mass is 35.5. The third kappa shape index (κ3) is 5.77. The average Bonchev–Trinajstić information content (AvgIpc) is 3.31. The molecule has 2 saturated heterocycles. The van der Waals surface area contributed by atoms with Crippen molar-refractivity contribution in [2.24, 2.45) is 5.92 Å². The van der Waals surface area contributed by atoms with Crippen molar-refractivity contribution in [2.75, 3.05) is 19.8 Å². The number of carbonyl (C=O) groups is 2. The van der Waals surface area contributed by atoms with Crippen LogP contribution in [0.2, 0.25) is 5.02 Å². The van der Waals surface area contributed by atoms with E-state index in [1.54, 1.807) is 25.1 Å². The first-order valence-electron chi connectivity index (χ1n) is 12.7. The van der Waals surface area contributed by atoms with Gasteiger partial charge in [-0.1, -0.05) is 23.7 Å². The van der Waals surface area contributed by atoms with Gasteiger partial charge in [-0.05, 0) is 43.5 Å². The molecule has 3 aromatic rings. The number of rotatable bonds is 8. The Bertz CT molecular complexity index is 1510. The minimum Gasteiger partial charge on any atom is -0.471 e. The number of hydrogen-bond donors (Lipinski definition) is 0. The van der Waals surface area contributed by atoms with Crippen LogP contribution >= 0.6 is 11.6 Å². The molecule has 1 amide bonds. The first-order chi connectivity index (χ1) is 19.2. The quantitative estimate of drug-likeness (QED) is 0.373. The number of hydroxylamine groups is 2. The zero-order valence-corrected chi connectivity index (χ0v) is 22.3. The van der Waals surface area contributed by atoms with Crippen LogP contribution in [0.25, 0.3) is 5.69 Å². The summed E-state index contributed by atoms with van der Waals surface area (Å²) in [6.07, 6.45) is 2.53. The highest BCUT2D eigenvalue weighted by molar-refractivity contribution is 6.31. The van der Waals surface area contributed by atoms with Gasteiger partial charge in [0, 0.05) is 36.8 Å². The van der Waals surface area contributed by atoms with Crippen molar-refractivity contribution in [2.45, 2.75) is 38.8 Å². The predicted molar refractivity (Wildman–Crippen MR) is 139 cm³/mol. The van der Waals surface area contributed by atoms with Crippen molar-refractivity contribution in [3.63, 3.8) is 0 Å². The highest BCUT2D eigenvalue weighted by Gasteiger charge is 2.39. The number of benzene rings is 2. The smallest absolute Gasteiger partial charge is 0.280 e. The van der Waals surface area contributed by atoms with Crippen LogP contribution in [0.4, 0.5) is 8.78 Å². The fraction of sp³-hybridized carbons (Fsp3) is 0.357. The lowest BCUT2D eigenvalue weighted by Crippen LogP contribution is -2.40. The molecule has 1 aromatic heterocycles. The van der Waals surface area contributed by atoms with E-state index in [1.807, 2.05) is 0 Å². The van der Waals surface area contributed by atoms with E-state index in [-0.39, 0.29) is 53.8 Å². The molecule has 0 aliphatic carbocycles. The van der Waals surface area contributed by atoms with E-state index in [4.69, 9.17) is 25.9 Å². The number of ketones is 1. The molecule has 0 unspecified atom stereocenters. The first-order valence-corrected chi connectivity index (χ1v) is 13.1. The van der Waals surface area contributed by atoms with Gasteiger partial charge >= 0.3 is 0 Å². The summed E-state index contributed by atoms with van der Waals surface area (Å²) < 4.78 is 39.0. The molecule has 0 radical (unpaired) electrons. The third-order valence-electron chi connectivity index (χ3n) is 6.99. The van der Waals surface area contributed by atoms with E-state index < -0.39 is 23.1 Å². The van der Waals surface area contributed by atoms with Crippen LogP contribution in [-0.4, -0.2) is 52.2 Å². The maximum atomic E-state index is 13.9. The Hall–Kier alpha value is -3.67. The molecule has 2 aliphatic rings. The monoisotopic (exact) mass is 573 g/mol. The normalized spacial score (nSPS) is 17.9. The Balaban J connectivity index is 1.30. The average molecular weight is 574 g/mol. The van der Waals surface area contributed by atoms with Gasteiger partial charge in [0.2, 0.25) is 5.88 Å². The van der Waals surface area contributed by atoms with Crippen molar-refractivity contribution in [3.8, 4) is 11.6 Å². The number of ether oxygens (including phenoxy) is 2. The van der Waals surface area contributed by atoms with E-state index in [1.165, 1.54) is 22.0 Å². The fourth-order valence-corrected chi connectivity index (χ4v) is 4.89. The summed E-state index contributed by atoms with van der Waals surface area (Å²) in [4.78, 5) is 48.8. The Morgan fingerprint density at radius 2 is 1.93 bits per heavy atom. The van der Waals surface area contributed by atoms with E-state index in [2.05, 4.69) is 4.98 Å². The van der Waals surface area contributed by atoms with Gasteiger partial charge in [-0.15, -0.1) is 0 Å².